The first-order valence-corrected chi connectivity index (χ1v) is 11.6. The summed E-state index contributed by atoms with van der Waals surface area (Å²) in [4.78, 5) is 17.5. The number of aromatic hydroxyl groups is 1. The lowest BCUT2D eigenvalue weighted by Crippen LogP contribution is -2.30. The Morgan fingerprint density at radius 1 is 1.00 bits per heavy atom. The first kappa shape index (κ1) is 19.8. The molecule has 0 aliphatic heterocycles. The number of hydrogen-bond acceptors (Lipinski definition) is 3. The molecule has 0 fully saturated rings. The molecule has 1 aliphatic rings. The first-order chi connectivity index (χ1) is 14.9. The molecule has 0 saturated carbocycles. The van der Waals surface area contributed by atoms with Crippen LogP contribution in [-0.4, -0.2) is 25.8 Å². The highest BCUT2D eigenvalue weighted by atomic mass is 32.2. The Balaban J connectivity index is 1.53. The summed E-state index contributed by atoms with van der Waals surface area (Å²) in [5.41, 5.74) is 4.44. The van der Waals surface area contributed by atoms with Crippen molar-refractivity contribution in [1.29, 1.82) is 0 Å². The van der Waals surface area contributed by atoms with E-state index < -0.39 is 16.2 Å². The molecule has 5 rings (SSSR count). The maximum Gasteiger partial charge on any atom is 0.195 e. The molecular weight excluding hydrogens is 406 g/mol. The zero-order valence-electron chi connectivity index (χ0n) is 17.4. The minimum absolute atomic E-state index is 0.0477. The molecule has 1 aliphatic carbocycles. The van der Waals surface area contributed by atoms with E-state index in [9.17, 15) is 14.1 Å². The molecule has 2 N–H and O–H groups in total. The molecule has 4 nitrogen and oxygen atoms in total. The minimum Gasteiger partial charge on any atom is -0.508 e. The van der Waals surface area contributed by atoms with Gasteiger partial charge in [-0.15, -0.1) is 0 Å². The third kappa shape index (κ3) is 3.20. The van der Waals surface area contributed by atoms with Crippen LogP contribution in [0.15, 0.2) is 71.6 Å². The van der Waals surface area contributed by atoms with E-state index in [0.717, 1.165) is 33.5 Å². The number of rotatable bonds is 4. The van der Waals surface area contributed by atoms with Crippen LogP contribution < -0.4 is 0 Å². The fraction of sp³-hybridized carbons (Fsp3) is 0.192. The summed E-state index contributed by atoms with van der Waals surface area (Å²) >= 11 is 0. The van der Waals surface area contributed by atoms with Gasteiger partial charge in [-0.2, -0.15) is 0 Å². The number of nitrogens with one attached hydrogen (secondary N) is 1. The molecule has 1 heterocycles. The Kier molecular flexibility index (Phi) is 4.59. The summed E-state index contributed by atoms with van der Waals surface area (Å²) in [6, 6.07) is 20.6. The third-order valence-corrected chi connectivity index (χ3v) is 7.58. The van der Waals surface area contributed by atoms with Crippen molar-refractivity contribution in [3.8, 4) is 5.75 Å². The quantitative estimate of drug-likeness (QED) is 0.474. The molecule has 1 aromatic heterocycles. The monoisotopic (exact) mass is 429 g/mol. The summed E-state index contributed by atoms with van der Waals surface area (Å²) in [5, 5.41) is 10.8. The van der Waals surface area contributed by atoms with Crippen molar-refractivity contribution in [2.45, 2.75) is 30.6 Å². The van der Waals surface area contributed by atoms with E-state index in [1.165, 1.54) is 5.56 Å². The highest BCUT2D eigenvalue weighted by Crippen LogP contribution is 2.44. The molecule has 3 aromatic carbocycles. The van der Waals surface area contributed by atoms with Crippen LogP contribution in [0.25, 0.3) is 10.9 Å². The number of hydrogen-bond donors (Lipinski definition) is 2. The number of carbonyl (C=O) groups excluding carboxylic acids is 1. The number of fused-ring (bicyclic) bond motifs is 4. The second-order valence-electron chi connectivity index (χ2n) is 8.55. The molecule has 0 bridgehead atoms. The van der Waals surface area contributed by atoms with Gasteiger partial charge in [0.2, 0.25) is 0 Å². The molecule has 156 valence electrons. The number of phenols is 1. The molecule has 5 heteroatoms. The number of phenolic OH excluding ortho intramolecular Hbond substituents is 1. The molecule has 4 aromatic rings. The minimum atomic E-state index is -1.13. The van der Waals surface area contributed by atoms with Gasteiger partial charge in [0, 0.05) is 38.2 Å². The number of benzene rings is 3. The van der Waals surface area contributed by atoms with E-state index in [1.54, 1.807) is 18.2 Å². The van der Waals surface area contributed by atoms with Crippen molar-refractivity contribution in [1.82, 2.24) is 4.98 Å². The number of aromatic nitrogens is 1. The van der Waals surface area contributed by atoms with E-state index in [4.69, 9.17) is 0 Å². The van der Waals surface area contributed by atoms with Crippen LogP contribution in [-0.2, 0) is 22.6 Å². The van der Waals surface area contributed by atoms with E-state index in [2.05, 4.69) is 4.98 Å². The Morgan fingerprint density at radius 2 is 1.77 bits per heavy atom. The Labute approximate surface area is 183 Å². The largest absolute Gasteiger partial charge is 0.508 e. The zero-order chi connectivity index (χ0) is 21.8. The van der Waals surface area contributed by atoms with Crippen LogP contribution in [0.4, 0.5) is 0 Å². The van der Waals surface area contributed by atoms with E-state index >= 15 is 0 Å². The lowest BCUT2D eigenvalue weighted by molar-refractivity contribution is 0.103. The Bertz CT molecular complexity index is 1350. The van der Waals surface area contributed by atoms with E-state index in [0.29, 0.717) is 16.9 Å². The summed E-state index contributed by atoms with van der Waals surface area (Å²) in [5.74, 6) is 0.647. The summed E-state index contributed by atoms with van der Waals surface area (Å²) < 4.78 is 12.9. The Morgan fingerprint density at radius 3 is 2.55 bits per heavy atom. The number of carbonyl (C=O) groups is 1. The molecule has 0 saturated heterocycles. The van der Waals surface area contributed by atoms with Crippen molar-refractivity contribution < 1.29 is 14.1 Å². The van der Waals surface area contributed by atoms with Crippen molar-refractivity contribution in [2.24, 2.45) is 0 Å². The van der Waals surface area contributed by atoms with Gasteiger partial charge in [0.25, 0.3) is 0 Å². The SMILES string of the molecule is CC1(C)c2cc(O)ccc2C(=O)c2c1[nH]c1cc(S(=O)CCc3ccccc3)ccc21. The predicted molar refractivity (Wildman–Crippen MR) is 123 cm³/mol. The van der Waals surface area contributed by atoms with Gasteiger partial charge in [0.1, 0.15) is 5.75 Å². The second-order valence-corrected chi connectivity index (χ2v) is 10.1. The molecular formula is C26H23NO3S. The number of aryl methyl sites for hydroxylation is 1. The summed E-state index contributed by atoms with van der Waals surface area (Å²) in [6.45, 7) is 4.09. The van der Waals surface area contributed by atoms with Gasteiger partial charge in [-0.25, -0.2) is 0 Å². The van der Waals surface area contributed by atoms with E-state index in [-0.39, 0.29) is 11.5 Å². The molecule has 1 unspecified atom stereocenters. The van der Waals surface area contributed by atoms with Gasteiger partial charge in [-0.1, -0.05) is 50.2 Å². The van der Waals surface area contributed by atoms with Gasteiger partial charge in [-0.05, 0) is 47.9 Å². The van der Waals surface area contributed by atoms with Crippen molar-refractivity contribution in [3.05, 3.63) is 94.7 Å². The molecule has 1 atom stereocenters. The topological polar surface area (TPSA) is 70.2 Å². The summed E-state index contributed by atoms with van der Waals surface area (Å²) in [6.07, 6.45) is 0.747. The van der Waals surface area contributed by atoms with Crippen LogP contribution in [0.2, 0.25) is 0 Å². The number of ketones is 1. The Hall–Kier alpha value is -3.18. The predicted octanol–water partition coefficient (Wildman–Crippen LogP) is 5.09. The van der Waals surface area contributed by atoms with Crippen LogP contribution >= 0.6 is 0 Å². The maximum absolute atomic E-state index is 13.3. The lowest BCUT2D eigenvalue weighted by Gasteiger charge is -2.32. The number of H-pyrrole nitrogens is 1. The highest BCUT2D eigenvalue weighted by molar-refractivity contribution is 7.85. The molecule has 0 amide bonds. The van der Waals surface area contributed by atoms with Crippen molar-refractivity contribution >= 4 is 27.5 Å². The smallest absolute Gasteiger partial charge is 0.195 e. The molecule has 0 spiro atoms. The third-order valence-electron chi connectivity index (χ3n) is 6.23. The van der Waals surface area contributed by atoms with Gasteiger partial charge >= 0.3 is 0 Å². The fourth-order valence-electron chi connectivity index (χ4n) is 4.51. The number of aromatic amines is 1. The van der Waals surface area contributed by atoms with Crippen LogP contribution in [0.1, 0.15) is 46.6 Å². The lowest BCUT2D eigenvalue weighted by atomic mass is 9.71. The fourth-order valence-corrected chi connectivity index (χ4v) is 5.64. The van der Waals surface area contributed by atoms with Crippen LogP contribution in [0, 0.1) is 0 Å². The van der Waals surface area contributed by atoms with Gasteiger partial charge in [0.15, 0.2) is 5.78 Å². The van der Waals surface area contributed by atoms with Crippen LogP contribution in [0.3, 0.4) is 0 Å². The highest BCUT2D eigenvalue weighted by Gasteiger charge is 2.39. The summed E-state index contributed by atoms with van der Waals surface area (Å²) in [7, 11) is -1.13. The standard InChI is InChI=1S/C26H23NO3S/c1-26(2)21-14-17(28)8-10-19(21)24(29)23-20-11-9-18(15-22(20)27-25(23)26)31(30)13-12-16-6-4-3-5-7-16/h3-11,14-15,27-28H,12-13H2,1-2H3. The van der Waals surface area contributed by atoms with E-state index in [1.807, 2.05) is 62.4 Å². The van der Waals surface area contributed by atoms with Crippen LogP contribution in [0.5, 0.6) is 5.75 Å². The van der Waals surface area contributed by atoms with Gasteiger partial charge in [0.05, 0.1) is 16.4 Å². The second kappa shape index (κ2) is 7.20. The average molecular weight is 430 g/mol. The zero-order valence-corrected chi connectivity index (χ0v) is 18.3. The first-order valence-electron chi connectivity index (χ1n) is 10.3. The molecule has 31 heavy (non-hydrogen) atoms. The van der Waals surface area contributed by atoms with Gasteiger partial charge < -0.3 is 10.1 Å². The van der Waals surface area contributed by atoms with Crippen molar-refractivity contribution in [2.75, 3.05) is 5.75 Å². The van der Waals surface area contributed by atoms with Gasteiger partial charge in [-0.3, -0.25) is 9.00 Å². The van der Waals surface area contributed by atoms with Crippen molar-refractivity contribution in [3.63, 3.8) is 0 Å². The normalized spacial score (nSPS) is 15.5. The average Bonchev–Trinajstić information content (AvgIpc) is 3.17. The maximum atomic E-state index is 13.3. The molecule has 0 radical (unpaired) electrons.